The Kier molecular flexibility index (Phi) is 4.99. The molecule has 0 spiro atoms. The van der Waals surface area contributed by atoms with E-state index in [2.05, 4.69) is 15.0 Å². The average Bonchev–Trinajstić information content (AvgIpc) is 2.93. The van der Waals surface area contributed by atoms with Gasteiger partial charge in [-0.1, -0.05) is 5.16 Å². The van der Waals surface area contributed by atoms with E-state index in [1.54, 1.807) is 0 Å². The highest BCUT2D eigenvalue weighted by atomic mass is 19.4. The number of carbonyl (C=O) groups excluding carboxylic acids is 1. The van der Waals surface area contributed by atoms with E-state index in [4.69, 9.17) is 4.52 Å². The summed E-state index contributed by atoms with van der Waals surface area (Å²) in [6, 6.07) is 2.06. The number of carbonyl (C=O) groups is 1. The Morgan fingerprint density at radius 3 is 2.50 bits per heavy atom. The number of aromatic nitrogens is 2. The minimum atomic E-state index is -4.61. The van der Waals surface area contributed by atoms with Gasteiger partial charge in [0, 0.05) is 44.5 Å². The van der Waals surface area contributed by atoms with Crippen LogP contribution in [0.25, 0.3) is 0 Å². The van der Waals surface area contributed by atoms with Crippen LogP contribution in [0.4, 0.5) is 13.2 Å². The van der Waals surface area contributed by atoms with E-state index < -0.39 is 23.3 Å². The number of piperazine rings is 1. The molecular formula is C17H19F3N4O2. The van der Waals surface area contributed by atoms with Crippen LogP contribution in [0.1, 0.15) is 33.1 Å². The van der Waals surface area contributed by atoms with Crippen LogP contribution in [0.2, 0.25) is 0 Å². The lowest BCUT2D eigenvalue weighted by Crippen LogP contribution is -2.48. The van der Waals surface area contributed by atoms with Gasteiger partial charge < -0.3 is 9.42 Å². The lowest BCUT2D eigenvalue weighted by Gasteiger charge is -2.34. The van der Waals surface area contributed by atoms with Gasteiger partial charge in [-0.3, -0.25) is 14.7 Å². The summed E-state index contributed by atoms with van der Waals surface area (Å²) >= 11 is 0. The Hall–Kier alpha value is -2.42. The maximum atomic E-state index is 13.1. The van der Waals surface area contributed by atoms with Crippen LogP contribution >= 0.6 is 0 Å². The molecule has 9 heteroatoms. The van der Waals surface area contributed by atoms with E-state index in [9.17, 15) is 18.0 Å². The first kappa shape index (κ1) is 18.4. The number of nitrogens with zero attached hydrogens (tertiary/aromatic N) is 4. The summed E-state index contributed by atoms with van der Waals surface area (Å²) in [5, 5.41) is 3.92. The summed E-state index contributed by atoms with van der Waals surface area (Å²) in [4.78, 5) is 19.7. The number of aryl methyl sites for hydroxylation is 2. The molecule has 0 N–H and O–H groups in total. The first-order valence-electron chi connectivity index (χ1n) is 8.23. The second-order valence-corrected chi connectivity index (χ2v) is 6.27. The Morgan fingerprint density at radius 1 is 1.23 bits per heavy atom. The van der Waals surface area contributed by atoms with Crippen molar-refractivity contribution in [2.24, 2.45) is 0 Å². The molecule has 0 radical (unpaired) electrons. The van der Waals surface area contributed by atoms with Gasteiger partial charge >= 0.3 is 6.18 Å². The number of hydrogen-bond acceptors (Lipinski definition) is 5. The fourth-order valence-corrected chi connectivity index (χ4v) is 3.01. The molecule has 1 aliphatic heterocycles. The van der Waals surface area contributed by atoms with Crippen molar-refractivity contribution in [1.82, 2.24) is 19.9 Å². The van der Waals surface area contributed by atoms with Gasteiger partial charge in [0.05, 0.1) is 11.3 Å². The number of pyridine rings is 1. The molecule has 1 fully saturated rings. The molecular weight excluding hydrogens is 349 g/mol. The molecule has 0 atom stereocenters. The van der Waals surface area contributed by atoms with Gasteiger partial charge in [-0.05, 0) is 26.0 Å². The Bertz CT molecular complexity index is 776. The second-order valence-electron chi connectivity index (χ2n) is 6.27. The molecule has 0 bridgehead atoms. The first-order valence-corrected chi connectivity index (χ1v) is 8.23. The molecule has 26 heavy (non-hydrogen) atoms. The first-order chi connectivity index (χ1) is 12.3. The largest absolute Gasteiger partial charge is 0.418 e. The molecule has 3 heterocycles. The Morgan fingerprint density at radius 2 is 1.92 bits per heavy atom. The van der Waals surface area contributed by atoms with E-state index in [0.717, 1.165) is 23.1 Å². The number of amides is 1. The van der Waals surface area contributed by atoms with E-state index in [1.165, 1.54) is 17.2 Å². The van der Waals surface area contributed by atoms with Crippen LogP contribution in [0, 0.1) is 13.8 Å². The van der Waals surface area contributed by atoms with Gasteiger partial charge in [0.1, 0.15) is 11.5 Å². The van der Waals surface area contributed by atoms with Gasteiger partial charge in [0.25, 0.3) is 5.91 Å². The van der Waals surface area contributed by atoms with Crippen molar-refractivity contribution >= 4 is 5.91 Å². The smallest absolute Gasteiger partial charge is 0.361 e. The Balaban J connectivity index is 1.66. The van der Waals surface area contributed by atoms with Gasteiger partial charge in [-0.15, -0.1) is 0 Å². The third kappa shape index (κ3) is 3.72. The lowest BCUT2D eigenvalue weighted by atomic mass is 10.1. The van der Waals surface area contributed by atoms with Gasteiger partial charge in [0.15, 0.2) is 0 Å². The molecule has 1 saturated heterocycles. The SMILES string of the molecule is Cc1noc(C)c1CN1CCN(C(=O)c2ncccc2C(F)(F)F)CC1. The minimum absolute atomic E-state index is 0.343. The van der Waals surface area contributed by atoms with E-state index in [0.29, 0.717) is 32.7 Å². The van der Waals surface area contributed by atoms with E-state index >= 15 is 0 Å². The molecule has 0 unspecified atom stereocenters. The fraction of sp³-hybridized carbons (Fsp3) is 0.471. The summed E-state index contributed by atoms with van der Waals surface area (Å²) in [7, 11) is 0. The number of halogens is 3. The standard InChI is InChI=1S/C17H19F3N4O2/c1-11-13(12(2)26-22-11)10-23-6-8-24(9-7-23)16(25)15-14(17(18,19)20)4-3-5-21-15/h3-5H,6-10H2,1-2H3. The van der Waals surface area contributed by atoms with Gasteiger partial charge in [-0.25, -0.2) is 0 Å². The zero-order chi connectivity index (χ0) is 18.9. The van der Waals surface area contributed by atoms with Crippen molar-refractivity contribution in [1.29, 1.82) is 0 Å². The van der Waals surface area contributed by atoms with Gasteiger partial charge in [0.2, 0.25) is 0 Å². The molecule has 0 aliphatic carbocycles. The summed E-state index contributed by atoms with van der Waals surface area (Å²) in [6.45, 7) is 6.15. The summed E-state index contributed by atoms with van der Waals surface area (Å²) in [6.07, 6.45) is -3.40. The second kappa shape index (κ2) is 7.06. The maximum Gasteiger partial charge on any atom is 0.418 e. The predicted molar refractivity (Wildman–Crippen MR) is 86.4 cm³/mol. The summed E-state index contributed by atoms with van der Waals surface area (Å²) in [5.41, 5.74) is 0.292. The molecule has 0 saturated carbocycles. The monoisotopic (exact) mass is 368 g/mol. The van der Waals surface area contributed by atoms with Crippen LogP contribution in [0.3, 0.4) is 0 Å². The normalized spacial score (nSPS) is 16.1. The predicted octanol–water partition coefficient (Wildman–Crippen LogP) is 2.66. The van der Waals surface area contributed by atoms with Crippen molar-refractivity contribution in [3.63, 3.8) is 0 Å². The fourth-order valence-electron chi connectivity index (χ4n) is 3.01. The molecule has 1 amide bonds. The highest BCUT2D eigenvalue weighted by Crippen LogP contribution is 2.31. The maximum absolute atomic E-state index is 13.1. The summed E-state index contributed by atoms with van der Waals surface area (Å²) < 4.78 is 44.4. The van der Waals surface area contributed by atoms with Crippen molar-refractivity contribution in [3.8, 4) is 0 Å². The van der Waals surface area contributed by atoms with Crippen molar-refractivity contribution in [3.05, 3.63) is 46.6 Å². The topological polar surface area (TPSA) is 62.5 Å². The lowest BCUT2D eigenvalue weighted by molar-refractivity contribution is -0.138. The highest BCUT2D eigenvalue weighted by molar-refractivity contribution is 5.94. The van der Waals surface area contributed by atoms with Crippen LogP contribution in [0.5, 0.6) is 0 Å². The highest BCUT2D eigenvalue weighted by Gasteiger charge is 2.37. The van der Waals surface area contributed by atoms with E-state index in [1.807, 2.05) is 13.8 Å². The number of rotatable bonds is 3. The molecule has 140 valence electrons. The van der Waals surface area contributed by atoms with Gasteiger partial charge in [-0.2, -0.15) is 13.2 Å². The number of alkyl halides is 3. The average molecular weight is 368 g/mol. The van der Waals surface area contributed by atoms with Crippen LogP contribution in [-0.4, -0.2) is 52.0 Å². The Labute approximate surface area is 148 Å². The zero-order valence-corrected chi connectivity index (χ0v) is 14.5. The third-order valence-electron chi connectivity index (χ3n) is 4.54. The van der Waals surface area contributed by atoms with Crippen LogP contribution in [-0.2, 0) is 12.7 Å². The molecule has 2 aromatic heterocycles. The van der Waals surface area contributed by atoms with Crippen molar-refractivity contribution < 1.29 is 22.5 Å². The molecule has 1 aliphatic rings. The van der Waals surface area contributed by atoms with Crippen molar-refractivity contribution in [2.75, 3.05) is 26.2 Å². The molecule has 3 rings (SSSR count). The molecule has 6 nitrogen and oxygen atoms in total. The molecule has 2 aromatic rings. The van der Waals surface area contributed by atoms with Crippen LogP contribution < -0.4 is 0 Å². The molecule has 0 aromatic carbocycles. The van der Waals surface area contributed by atoms with Crippen molar-refractivity contribution in [2.45, 2.75) is 26.6 Å². The third-order valence-corrected chi connectivity index (χ3v) is 4.54. The zero-order valence-electron chi connectivity index (χ0n) is 14.5. The van der Waals surface area contributed by atoms with Crippen LogP contribution in [0.15, 0.2) is 22.9 Å². The minimum Gasteiger partial charge on any atom is -0.361 e. The van der Waals surface area contributed by atoms with E-state index in [-0.39, 0.29) is 0 Å². The summed E-state index contributed by atoms with van der Waals surface area (Å²) in [5.74, 6) is 0.0687. The quantitative estimate of drug-likeness (QED) is 0.834. The number of hydrogen-bond donors (Lipinski definition) is 0.